The molecule has 1 aliphatic rings. The van der Waals surface area contributed by atoms with Crippen molar-refractivity contribution in [1.82, 2.24) is 14.9 Å². The Hall–Kier alpha value is -1.24. The molecule has 114 valence electrons. The molecule has 0 unspecified atom stereocenters. The van der Waals surface area contributed by atoms with Crippen molar-refractivity contribution in [2.24, 2.45) is 0 Å². The van der Waals surface area contributed by atoms with Crippen LogP contribution in [0.25, 0.3) is 10.2 Å². The number of rotatable bonds is 2. The number of ether oxygens (including phenoxy) is 1. The molecule has 0 amide bonds. The molecule has 0 radical (unpaired) electrons. The third kappa shape index (κ3) is 3.17. The van der Waals surface area contributed by atoms with Gasteiger partial charge in [-0.25, -0.2) is 9.97 Å². The van der Waals surface area contributed by atoms with E-state index >= 15 is 0 Å². The Morgan fingerprint density at radius 1 is 1.24 bits per heavy atom. The van der Waals surface area contributed by atoms with E-state index in [9.17, 15) is 0 Å². The Balaban J connectivity index is 1.84. The molecule has 1 aliphatic heterocycles. The quantitative estimate of drug-likeness (QED) is 0.924. The van der Waals surface area contributed by atoms with Crippen LogP contribution in [0.5, 0.6) is 0 Å². The predicted octanol–water partition coefficient (Wildman–Crippen LogP) is 2.66. The summed E-state index contributed by atoms with van der Waals surface area (Å²) in [5, 5.41) is 2.95. The van der Waals surface area contributed by atoms with Crippen LogP contribution in [0, 0.1) is 0 Å². The molecule has 3 rings (SSSR count). The lowest BCUT2D eigenvalue weighted by Crippen LogP contribution is -2.56. The number of morpholine rings is 1. The molecule has 2 N–H and O–H groups in total. The Morgan fingerprint density at radius 3 is 2.57 bits per heavy atom. The monoisotopic (exact) mass is 306 g/mol. The third-order valence-electron chi connectivity index (χ3n) is 3.53. The molecule has 2 aromatic rings. The first-order chi connectivity index (χ1) is 9.74. The number of nitrogen functional groups attached to an aromatic ring is 1. The highest BCUT2D eigenvalue weighted by Crippen LogP contribution is 2.29. The number of hydrogen-bond donors (Lipinski definition) is 1. The van der Waals surface area contributed by atoms with Crippen molar-refractivity contribution in [3.8, 4) is 0 Å². The maximum Gasteiger partial charge on any atom is 0.146 e. The summed E-state index contributed by atoms with van der Waals surface area (Å²) in [4.78, 5) is 12.4. The van der Waals surface area contributed by atoms with Gasteiger partial charge in [0, 0.05) is 13.1 Å². The van der Waals surface area contributed by atoms with E-state index in [1.165, 1.54) is 0 Å². The Labute approximate surface area is 129 Å². The van der Waals surface area contributed by atoms with Gasteiger partial charge in [0.05, 0.1) is 23.1 Å². The molecule has 5 nitrogen and oxygen atoms in total. The zero-order valence-electron chi connectivity index (χ0n) is 13.0. The van der Waals surface area contributed by atoms with E-state index in [0.717, 1.165) is 29.1 Å². The van der Waals surface area contributed by atoms with Crippen LogP contribution in [0.4, 0.5) is 5.82 Å². The van der Waals surface area contributed by atoms with E-state index in [2.05, 4.69) is 42.6 Å². The van der Waals surface area contributed by atoms with Crippen molar-refractivity contribution < 1.29 is 4.74 Å². The van der Waals surface area contributed by atoms with Gasteiger partial charge in [0.2, 0.25) is 0 Å². The van der Waals surface area contributed by atoms with Gasteiger partial charge in [-0.1, -0.05) is 0 Å². The van der Waals surface area contributed by atoms with Crippen LogP contribution in [0.15, 0.2) is 11.4 Å². The molecular formula is C15H22N4OS. The molecule has 1 saturated heterocycles. The van der Waals surface area contributed by atoms with Crippen molar-refractivity contribution in [3.05, 3.63) is 17.3 Å². The minimum atomic E-state index is -0.166. The first-order valence-corrected chi connectivity index (χ1v) is 8.04. The van der Waals surface area contributed by atoms with Gasteiger partial charge in [-0.15, -0.1) is 11.3 Å². The number of nitrogens with two attached hydrogens (primary N) is 1. The van der Waals surface area contributed by atoms with Gasteiger partial charge in [0.1, 0.15) is 16.5 Å². The van der Waals surface area contributed by atoms with Crippen LogP contribution in [0.2, 0.25) is 0 Å². The zero-order chi connectivity index (χ0) is 15.3. The second kappa shape index (κ2) is 4.90. The molecule has 21 heavy (non-hydrogen) atoms. The standard InChI is InChI=1S/C15H22N4OS/c1-14(2)8-19(9-15(3,4)20-14)7-11-17-12(16)10-5-6-21-13(10)18-11/h5-6H,7-9H2,1-4H3,(H2,16,17,18). The van der Waals surface area contributed by atoms with Gasteiger partial charge in [-0.3, -0.25) is 4.90 Å². The van der Waals surface area contributed by atoms with Gasteiger partial charge in [0.15, 0.2) is 0 Å². The summed E-state index contributed by atoms with van der Waals surface area (Å²) < 4.78 is 6.11. The molecule has 0 aromatic carbocycles. The maximum absolute atomic E-state index is 6.11. The van der Waals surface area contributed by atoms with Crippen LogP contribution in [0.3, 0.4) is 0 Å². The van der Waals surface area contributed by atoms with Crippen molar-refractivity contribution in [2.75, 3.05) is 18.8 Å². The van der Waals surface area contributed by atoms with Crippen LogP contribution in [0.1, 0.15) is 33.5 Å². The van der Waals surface area contributed by atoms with E-state index in [-0.39, 0.29) is 11.2 Å². The smallest absolute Gasteiger partial charge is 0.146 e. The lowest BCUT2D eigenvalue weighted by molar-refractivity contribution is -0.182. The molecule has 0 bridgehead atoms. The normalized spacial score (nSPS) is 21.7. The minimum absolute atomic E-state index is 0.166. The SMILES string of the molecule is CC1(C)CN(Cc2nc(N)c3ccsc3n2)CC(C)(C)O1. The highest BCUT2D eigenvalue weighted by Gasteiger charge is 2.38. The van der Waals surface area contributed by atoms with Crippen LogP contribution in [-0.2, 0) is 11.3 Å². The van der Waals surface area contributed by atoms with Crippen LogP contribution in [-0.4, -0.2) is 39.2 Å². The molecule has 0 aliphatic carbocycles. The van der Waals surface area contributed by atoms with E-state index in [0.29, 0.717) is 12.4 Å². The average Bonchev–Trinajstić information content (AvgIpc) is 2.72. The summed E-state index contributed by atoms with van der Waals surface area (Å²) in [5.74, 6) is 1.36. The number of anilines is 1. The summed E-state index contributed by atoms with van der Waals surface area (Å²) in [6.45, 7) is 10.9. The number of nitrogens with zero attached hydrogens (tertiary/aromatic N) is 3. The second-order valence-corrected chi connectivity index (χ2v) is 7.83. The lowest BCUT2D eigenvalue weighted by atomic mass is 9.99. The summed E-state index contributed by atoms with van der Waals surface area (Å²) in [5.41, 5.74) is 5.69. The fourth-order valence-electron chi connectivity index (χ4n) is 3.25. The first kappa shape index (κ1) is 14.7. The number of thiophene rings is 1. The van der Waals surface area contributed by atoms with Crippen molar-refractivity contribution in [1.29, 1.82) is 0 Å². The van der Waals surface area contributed by atoms with Crippen molar-refractivity contribution in [2.45, 2.75) is 45.4 Å². The van der Waals surface area contributed by atoms with Gasteiger partial charge < -0.3 is 10.5 Å². The number of fused-ring (bicyclic) bond motifs is 1. The molecule has 0 atom stereocenters. The van der Waals surface area contributed by atoms with Crippen LogP contribution >= 0.6 is 11.3 Å². The van der Waals surface area contributed by atoms with Gasteiger partial charge in [0.25, 0.3) is 0 Å². The van der Waals surface area contributed by atoms with E-state index in [4.69, 9.17) is 10.5 Å². The van der Waals surface area contributed by atoms with Crippen LogP contribution < -0.4 is 5.73 Å². The van der Waals surface area contributed by atoms with E-state index in [1.54, 1.807) is 11.3 Å². The molecular weight excluding hydrogens is 284 g/mol. The summed E-state index contributed by atoms with van der Waals surface area (Å²) >= 11 is 1.60. The lowest BCUT2D eigenvalue weighted by Gasteiger charge is -2.47. The summed E-state index contributed by atoms with van der Waals surface area (Å²) in [7, 11) is 0. The van der Waals surface area contributed by atoms with E-state index < -0.39 is 0 Å². The summed E-state index contributed by atoms with van der Waals surface area (Å²) in [6, 6.07) is 1.97. The largest absolute Gasteiger partial charge is 0.383 e. The van der Waals surface area contributed by atoms with Crippen molar-refractivity contribution in [3.63, 3.8) is 0 Å². The summed E-state index contributed by atoms with van der Waals surface area (Å²) in [6.07, 6.45) is 0. The molecule has 0 saturated carbocycles. The predicted molar refractivity (Wildman–Crippen MR) is 86.3 cm³/mol. The molecule has 1 fully saturated rings. The fraction of sp³-hybridized carbons (Fsp3) is 0.600. The Kier molecular flexibility index (Phi) is 3.43. The third-order valence-corrected chi connectivity index (χ3v) is 4.33. The molecule has 3 heterocycles. The molecule has 6 heteroatoms. The topological polar surface area (TPSA) is 64.3 Å². The second-order valence-electron chi connectivity index (χ2n) is 6.93. The van der Waals surface area contributed by atoms with Gasteiger partial charge >= 0.3 is 0 Å². The van der Waals surface area contributed by atoms with Gasteiger partial charge in [-0.2, -0.15) is 0 Å². The number of aromatic nitrogens is 2. The number of hydrogen-bond acceptors (Lipinski definition) is 6. The van der Waals surface area contributed by atoms with Gasteiger partial charge in [-0.05, 0) is 39.1 Å². The average molecular weight is 306 g/mol. The minimum Gasteiger partial charge on any atom is -0.383 e. The molecule has 2 aromatic heterocycles. The molecule has 0 spiro atoms. The Morgan fingerprint density at radius 2 is 1.90 bits per heavy atom. The Bertz CT molecular complexity index is 649. The zero-order valence-corrected chi connectivity index (χ0v) is 13.8. The first-order valence-electron chi connectivity index (χ1n) is 7.16. The maximum atomic E-state index is 6.11. The highest BCUT2D eigenvalue weighted by atomic mass is 32.1. The fourth-order valence-corrected chi connectivity index (χ4v) is 4.04. The van der Waals surface area contributed by atoms with E-state index in [1.807, 2.05) is 11.4 Å². The highest BCUT2D eigenvalue weighted by molar-refractivity contribution is 7.16. The van der Waals surface area contributed by atoms with Crippen molar-refractivity contribution >= 4 is 27.4 Å².